The summed E-state index contributed by atoms with van der Waals surface area (Å²) in [5.74, 6) is 0.219. The van der Waals surface area contributed by atoms with Crippen molar-refractivity contribution in [2.45, 2.75) is 19.4 Å². The molecule has 0 unspecified atom stereocenters. The molecule has 1 N–H and O–H groups in total. The van der Waals surface area contributed by atoms with Crippen molar-refractivity contribution in [3.63, 3.8) is 0 Å². The largest absolute Gasteiger partial charge is 0.340 e. The third-order valence-electron chi connectivity index (χ3n) is 4.29. The minimum absolute atomic E-state index is 0.112. The minimum Gasteiger partial charge on any atom is -0.340 e. The lowest BCUT2D eigenvalue weighted by Crippen LogP contribution is -2.55. The van der Waals surface area contributed by atoms with Crippen LogP contribution < -0.4 is 5.32 Å². The molecule has 0 bridgehead atoms. The standard InChI is InChI=1S/C19H22N2O/c1-2-21-13-12-20-18(19(21)22)14-16-10-6-7-11-17(16)15-8-4-3-5-9-15/h3-11,18,20H,2,12-14H2,1H3/t18-/m0/s1. The van der Waals surface area contributed by atoms with Crippen molar-refractivity contribution in [3.05, 3.63) is 60.2 Å². The lowest BCUT2D eigenvalue weighted by molar-refractivity contribution is -0.135. The molecule has 3 heteroatoms. The van der Waals surface area contributed by atoms with Gasteiger partial charge in [0.2, 0.25) is 5.91 Å². The lowest BCUT2D eigenvalue weighted by atomic mass is 9.94. The van der Waals surface area contributed by atoms with Gasteiger partial charge in [-0.2, -0.15) is 0 Å². The Morgan fingerprint density at radius 3 is 2.59 bits per heavy atom. The second-order valence-corrected chi connectivity index (χ2v) is 5.65. The fourth-order valence-corrected chi connectivity index (χ4v) is 3.08. The van der Waals surface area contributed by atoms with Crippen LogP contribution in [-0.4, -0.2) is 36.5 Å². The Kier molecular flexibility index (Phi) is 4.54. The fourth-order valence-electron chi connectivity index (χ4n) is 3.08. The molecule has 0 aliphatic carbocycles. The maximum atomic E-state index is 12.5. The summed E-state index contributed by atoms with van der Waals surface area (Å²) in [5.41, 5.74) is 3.64. The van der Waals surface area contributed by atoms with E-state index in [0.717, 1.165) is 26.1 Å². The van der Waals surface area contributed by atoms with Crippen molar-refractivity contribution in [1.29, 1.82) is 0 Å². The number of carbonyl (C=O) groups is 1. The Labute approximate surface area is 132 Å². The van der Waals surface area contributed by atoms with Crippen molar-refractivity contribution >= 4 is 5.91 Å². The molecule has 0 aromatic heterocycles. The quantitative estimate of drug-likeness (QED) is 0.940. The van der Waals surface area contributed by atoms with Gasteiger partial charge in [0.05, 0.1) is 6.04 Å². The molecule has 1 aliphatic heterocycles. The average Bonchev–Trinajstić information content (AvgIpc) is 2.58. The number of amides is 1. The Morgan fingerprint density at radius 2 is 1.82 bits per heavy atom. The van der Waals surface area contributed by atoms with Gasteiger partial charge in [0, 0.05) is 19.6 Å². The van der Waals surface area contributed by atoms with Crippen LogP contribution in [0.25, 0.3) is 11.1 Å². The van der Waals surface area contributed by atoms with E-state index in [9.17, 15) is 4.79 Å². The Balaban J connectivity index is 1.85. The van der Waals surface area contributed by atoms with Crippen molar-refractivity contribution in [1.82, 2.24) is 10.2 Å². The summed E-state index contributed by atoms with van der Waals surface area (Å²) in [6, 6.07) is 18.6. The first-order chi connectivity index (χ1) is 10.8. The van der Waals surface area contributed by atoms with Crippen LogP contribution in [0.2, 0.25) is 0 Å². The zero-order chi connectivity index (χ0) is 15.4. The molecular formula is C19H22N2O. The van der Waals surface area contributed by atoms with Gasteiger partial charge in [-0.3, -0.25) is 4.79 Å². The molecule has 0 spiro atoms. The normalized spacial score (nSPS) is 18.5. The number of nitrogens with one attached hydrogen (secondary N) is 1. The number of rotatable bonds is 4. The summed E-state index contributed by atoms with van der Waals surface area (Å²) in [4.78, 5) is 14.4. The van der Waals surface area contributed by atoms with E-state index in [-0.39, 0.29) is 11.9 Å². The van der Waals surface area contributed by atoms with Crippen LogP contribution in [0.1, 0.15) is 12.5 Å². The van der Waals surface area contributed by atoms with Crippen LogP contribution in [0.15, 0.2) is 54.6 Å². The monoisotopic (exact) mass is 294 g/mol. The Bertz CT molecular complexity index is 639. The van der Waals surface area contributed by atoms with E-state index >= 15 is 0 Å². The highest BCUT2D eigenvalue weighted by Crippen LogP contribution is 2.25. The number of likely N-dealkylation sites (N-methyl/N-ethyl adjacent to an activating group) is 1. The number of nitrogens with zero attached hydrogens (tertiary/aromatic N) is 1. The summed E-state index contributed by atoms with van der Waals surface area (Å²) in [6.45, 7) is 4.51. The second-order valence-electron chi connectivity index (χ2n) is 5.65. The van der Waals surface area contributed by atoms with Gasteiger partial charge in [-0.1, -0.05) is 54.6 Å². The van der Waals surface area contributed by atoms with Crippen molar-refractivity contribution in [2.75, 3.05) is 19.6 Å². The summed E-state index contributed by atoms with van der Waals surface area (Å²) < 4.78 is 0. The van der Waals surface area contributed by atoms with Crippen LogP contribution in [0.4, 0.5) is 0 Å². The summed E-state index contributed by atoms with van der Waals surface area (Å²) in [7, 11) is 0. The zero-order valence-electron chi connectivity index (χ0n) is 13.0. The Hall–Kier alpha value is -2.13. The number of carbonyl (C=O) groups excluding carboxylic acids is 1. The smallest absolute Gasteiger partial charge is 0.240 e. The average molecular weight is 294 g/mol. The van der Waals surface area contributed by atoms with Gasteiger partial charge in [-0.25, -0.2) is 0 Å². The molecule has 1 atom stereocenters. The van der Waals surface area contributed by atoms with Gasteiger partial charge in [0.1, 0.15) is 0 Å². The van der Waals surface area contributed by atoms with E-state index in [4.69, 9.17) is 0 Å². The third kappa shape index (κ3) is 3.04. The van der Waals surface area contributed by atoms with Crippen molar-refractivity contribution in [2.24, 2.45) is 0 Å². The molecule has 2 aromatic carbocycles. The molecule has 114 valence electrons. The van der Waals surface area contributed by atoms with Crippen molar-refractivity contribution < 1.29 is 4.79 Å². The number of piperazine rings is 1. The third-order valence-corrected chi connectivity index (χ3v) is 4.29. The first-order valence-corrected chi connectivity index (χ1v) is 7.95. The first kappa shape index (κ1) is 14.8. The van der Waals surface area contributed by atoms with Crippen molar-refractivity contribution in [3.8, 4) is 11.1 Å². The minimum atomic E-state index is -0.112. The molecule has 3 nitrogen and oxygen atoms in total. The molecular weight excluding hydrogens is 272 g/mol. The molecule has 2 aromatic rings. The van der Waals surface area contributed by atoms with Crippen LogP contribution >= 0.6 is 0 Å². The zero-order valence-corrected chi connectivity index (χ0v) is 13.0. The fraction of sp³-hybridized carbons (Fsp3) is 0.316. The second kappa shape index (κ2) is 6.75. The predicted molar refractivity (Wildman–Crippen MR) is 89.6 cm³/mol. The van der Waals surface area contributed by atoms with Crippen LogP contribution in [0.3, 0.4) is 0 Å². The molecule has 1 aliphatic rings. The van der Waals surface area contributed by atoms with Gasteiger partial charge >= 0.3 is 0 Å². The first-order valence-electron chi connectivity index (χ1n) is 7.95. The lowest BCUT2D eigenvalue weighted by Gasteiger charge is -2.32. The maximum Gasteiger partial charge on any atom is 0.240 e. The van der Waals surface area contributed by atoms with Crippen LogP contribution in [0.5, 0.6) is 0 Å². The van der Waals surface area contributed by atoms with Gasteiger partial charge in [0.25, 0.3) is 0 Å². The summed E-state index contributed by atoms with van der Waals surface area (Å²) in [5, 5.41) is 3.37. The molecule has 22 heavy (non-hydrogen) atoms. The van der Waals surface area contributed by atoms with E-state index in [1.165, 1.54) is 16.7 Å². The Morgan fingerprint density at radius 1 is 1.09 bits per heavy atom. The van der Waals surface area contributed by atoms with Gasteiger partial charge in [0.15, 0.2) is 0 Å². The highest BCUT2D eigenvalue weighted by atomic mass is 16.2. The highest BCUT2D eigenvalue weighted by molar-refractivity contribution is 5.83. The summed E-state index contributed by atoms with van der Waals surface area (Å²) in [6.07, 6.45) is 0.737. The molecule has 1 fully saturated rings. The SMILES string of the molecule is CCN1CCN[C@@H](Cc2ccccc2-c2ccccc2)C1=O. The van der Waals surface area contributed by atoms with E-state index in [1.807, 2.05) is 24.0 Å². The molecule has 1 amide bonds. The molecule has 3 rings (SSSR count). The molecule has 1 heterocycles. The number of hydrogen-bond donors (Lipinski definition) is 1. The van der Waals surface area contributed by atoms with E-state index in [1.54, 1.807) is 0 Å². The van der Waals surface area contributed by atoms with Gasteiger partial charge in [-0.05, 0) is 30.0 Å². The van der Waals surface area contributed by atoms with E-state index < -0.39 is 0 Å². The predicted octanol–water partition coefficient (Wildman–Crippen LogP) is 2.72. The van der Waals surface area contributed by atoms with Gasteiger partial charge in [-0.15, -0.1) is 0 Å². The number of benzene rings is 2. The van der Waals surface area contributed by atoms with E-state index in [2.05, 4.69) is 47.8 Å². The maximum absolute atomic E-state index is 12.5. The molecule has 1 saturated heterocycles. The van der Waals surface area contributed by atoms with E-state index in [0.29, 0.717) is 0 Å². The topological polar surface area (TPSA) is 32.3 Å². The number of hydrogen-bond acceptors (Lipinski definition) is 2. The van der Waals surface area contributed by atoms with Crippen LogP contribution in [-0.2, 0) is 11.2 Å². The van der Waals surface area contributed by atoms with Crippen LogP contribution in [0, 0.1) is 0 Å². The highest BCUT2D eigenvalue weighted by Gasteiger charge is 2.27. The molecule has 0 radical (unpaired) electrons. The van der Waals surface area contributed by atoms with Gasteiger partial charge < -0.3 is 10.2 Å². The molecule has 0 saturated carbocycles. The summed E-state index contributed by atoms with van der Waals surface area (Å²) >= 11 is 0.